The molecule has 0 aromatic carbocycles. The topological polar surface area (TPSA) is 39.9 Å². The van der Waals surface area contributed by atoms with Gasteiger partial charge in [-0.3, -0.25) is 0 Å². The normalized spacial score (nSPS) is 10.1. The van der Waals surface area contributed by atoms with E-state index in [4.69, 9.17) is 0 Å². The van der Waals surface area contributed by atoms with Gasteiger partial charge in [0.05, 0.1) is 5.56 Å². The number of unbranched alkanes of at least 4 members (excludes halogenated alkanes) is 2. The fourth-order valence-electron chi connectivity index (χ4n) is 1.94. The Hall–Kier alpha value is -1.56. The Morgan fingerprint density at radius 3 is 2.33 bits per heavy atom. The molecular formula is C15H23N3. The Kier molecular flexibility index (Phi) is 6.21. The second-order valence-corrected chi connectivity index (χ2v) is 4.63. The molecule has 0 aliphatic heterocycles. The third kappa shape index (κ3) is 3.73. The number of nitriles is 1. The Bertz CT molecular complexity index is 399. The average Bonchev–Trinajstić information content (AvgIpc) is 2.39. The number of aryl methyl sites for hydroxylation is 1. The first-order valence-corrected chi connectivity index (χ1v) is 6.85. The molecule has 0 saturated heterocycles. The van der Waals surface area contributed by atoms with Crippen LogP contribution in [0, 0.1) is 18.3 Å². The van der Waals surface area contributed by atoms with Crippen LogP contribution in [0.25, 0.3) is 0 Å². The van der Waals surface area contributed by atoms with Gasteiger partial charge in [-0.1, -0.05) is 26.7 Å². The van der Waals surface area contributed by atoms with Crippen molar-refractivity contribution in [3.05, 3.63) is 23.4 Å². The molecule has 1 heterocycles. The molecule has 98 valence electrons. The van der Waals surface area contributed by atoms with Crippen LogP contribution in [0.4, 0.5) is 5.82 Å². The van der Waals surface area contributed by atoms with Gasteiger partial charge in [0.1, 0.15) is 11.9 Å². The van der Waals surface area contributed by atoms with Crippen LogP contribution >= 0.6 is 0 Å². The first-order chi connectivity index (χ1) is 8.74. The van der Waals surface area contributed by atoms with Gasteiger partial charge in [-0.05, 0) is 31.4 Å². The molecule has 0 fully saturated rings. The summed E-state index contributed by atoms with van der Waals surface area (Å²) in [5.74, 6) is 0.861. The fraction of sp³-hybridized carbons (Fsp3) is 0.600. The van der Waals surface area contributed by atoms with Gasteiger partial charge in [0.2, 0.25) is 0 Å². The number of hydrogen-bond donors (Lipinski definition) is 0. The maximum atomic E-state index is 9.28. The fourth-order valence-corrected chi connectivity index (χ4v) is 1.94. The smallest absolute Gasteiger partial charge is 0.146 e. The lowest BCUT2D eigenvalue weighted by Crippen LogP contribution is -2.27. The summed E-state index contributed by atoms with van der Waals surface area (Å²) in [7, 11) is 0. The molecule has 3 nitrogen and oxygen atoms in total. The van der Waals surface area contributed by atoms with E-state index >= 15 is 0 Å². The first-order valence-electron chi connectivity index (χ1n) is 6.85. The van der Waals surface area contributed by atoms with Crippen molar-refractivity contribution in [1.29, 1.82) is 5.26 Å². The quantitative estimate of drug-likeness (QED) is 0.736. The van der Waals surface area contributed by atoms with Gasteiger partial charge in [0.15, 0.2) is 0 Å². The molecule has 1 aromatic heterocycles. The molecule has 0 bridgehead atoms. The van der Waals surface area contributed by atoms with E-state index in [9.17, 15) is 5.26 Å². The highest BCUT2D eigenvalue weighted by molar-refractivity contribution is 5.57. The van der Waals surface area contributed by atoms with Crippen molar-refractivity contribution >= 4 is 5.82 Å². The zero-order chi connectivity index (χ0) is 13.4. The summed E-state index contributed by atoms with van der Waals surface area (Å²) in [6.07, 6.45) is 6.41. The van der Waals surface area contributed by atoms with E-state index < -0.39 is 0 Å². The van der Waals surface area contributed by atoms with Gasteiger partial charge in [0, 0.05) is 19.3 Å². The van der Waals surface area contributed by atoms with Crippen LogP contribution < -0.4 is 4.90 Å². The van der Waals surface area contributed by atoms with Crippen LogP contribution in [0.1, 0.15) is 50.7 Å². The molecule has 0 amide bonds. The highest BCUT2D eigenvalue weighted by Gasteiger charge is 2.13. The monoisotopic (exact) mass is 245 g/mol. The average molecular weight is 245 g/mol. The highest BCUT2D eigenvalue weighted by Crippen LogP contribution is 2.20. The number of hydrogen-bond acceptors (Lipinski definition) is 3. The zero-order valence-electron chi connectivity index (χ0n) is 11.7. The number of nitrogens with zero attached hydrogens (tertiary/aromatic N) is 3. The summed E-state index contributed by atoms with van der Waals surface area (Å²) >= 11 is 0. The van der Waals surface area contributed by atoms with E-state index in [1.54, 1.807) is 6.20 Å². The molecule has 0 spiro atoms. The van der Waals surface area contributed by atoms with Crippen LogP contribution in [0.2, 0.25) is 0 Å². The molecule has 18 heavy (non-hydrogen) atoms. The summed E-state index contributed by atoms with van der Waals surface area (Å²) in [6, 6.07) is 4.20. The molecule has 1 aromatic rings. The van der Waals surface area contributed by atoms with Gasteiger partial charge in [-0.25, -0.2) is 4.98 Å². The maximum absolute atomic E-state index is 9.28. The minimum Gasteiger partial charge on any atom is -0.356 e. The molecule has 0 unspecified atom stereocenters. The summed E-state index contributed by atoms with van der Waals surface area (Å²) in [6.45, 7) is 8.32. The second-order valence-electron chi connectivity index (χ2n) is 4.63. The molecule has 0 aliphatic rings. The molecule has 0 N–H and O–H groups in total. The number of anilines is 1. The molecule has 0 atom stereocenters. The summed E-state index contributed by atoms with van der Waals surface area (Å²) < 4.78 is 0. The lowest BCUT2D eigenvalue weighted by Gasteiger charge is -2.24. The Labute approximate surface area is 110 Å². The van der Waals surface area contributed by atoms with Gasteiger partial charge >= 0.3 is 0 Å². The standard InChI is InChI=1S/C15H23N3/c1-4-6-10-18(11-7-5-2)15-14(12-16)13(3)8-9-17-15/h8-9H,4-7,10-11H2,1-3H3. The van der Waals surface area contributed by atoms with Crippen molar-refractivity contribution in [1.82, 2.24) is 4.98 Å². The number of aromatic nitrogens is 1. The van der Waals surface area contributed by atoms with Gasteiger partial charge < -0.3 is 4.90 Å². The Morgan fingerprint density at radius 2 is 1.83 bits per heavy atom. The van der Waals surface area contributed by atoms with Crippen molar-refractivity contribution < 1.29 is 0 Å². The van der Waals surface area contributed by atoms with Gasteiger partial charge in [-0.15, -0.1) is 0 Å². The molecule has 0 aliphatic carbocycles. The SMILES string of the molecule is CCCCN(CCCC)c1nccc(C)c1C#N. The predicted molar refractivity (Wildman–Crippen MR) is 75.7 cm³/mol. The second kappa shape index (κ2) is 7.71. The number of pyridine rings is 1. The van der Waals surface area contributed by atoms with Crippen LogP contribution in [-0.2, 0) is 0 Å². The molecule has 0 saturated carbocycles. The van der Waals surface area contributed by atoms with Crippen molar-refractivity contribution in [2.75, 3.05) is 18.0 Å². The third-order valence-electron chi connectivity index (χ3n) is 3.11. The van der Waals surface area contributed by atoms with Gasteiger partial charge in [-0.2, -0.15) is 5.26 Å². The van der Waals surface area contributed by atoms with E-state index in [0.717, 1.165) is 55.7 Å². The molecule has 0 radical (unpaired) electrons. The third-order valence-corrected chi connectivity index (χ3v) is 3.11. The van der Waals surface area contributed by atoms with Crippen LogP contribution in [0.5, 0.6) is 0 Å². The minimum absolute atomic E-state index is 0.727. The molecule has 3 heteroatoms. The van der Waals surface area contributed by atoms with Crippen LogP contribution in [0.3, 0.4) is 0 Å². The summed E-state index contributed by atoms with van der Waals surface area (Å²) in [4.78, 5) is 6.68. The lowest BCUT2D eigenvalue weighted by atomic mass is 10.1. The summed E-state index contributed by atoms with van der Waals surface area (Å²) in [5, 5.41) is 9.28. The minimum atomic E-state index is 0.727. The van der Waals surface area contributed by atoms with E-state index in [-0.39, 0.29) is 0 Å². The molecular weight excluding hydrogens is 222 g/mol. The van der Waals surface area contributed by atoms with Gasteiger partial charge in [0.25, 0.3) is 0 Å². The van der Waals surface area contributed by atoms with E-state index in [1.807, 2.05) is 13.0 Å². The van der Waals surface area contributed by atoms with Crippen molar-refractivity contribution in [2.45, 2.75) is 46.5 Å². The lowest BCUT2D eigenvalue weighted by molar-refractivity contribution is 0.670. The Morgan fingerprint density at radius 1 is 1.22 bits per heavy atom. The largest absolute Gasteiger partial charge is 0.356 e. The molecule has 1 rings (SSSR count). The van der Waals surface area contributed by atoms with Crippen molar-refractivity contribution in [2.24, 2.45) is 0 Å². The Balaban J connectivity index is 2.96. The highest BCUT2D eigenvalue weighted by atomic mass is 15.2. The van der Waals surface area contributed by atoms with E-state index in [1.165, 1.54) is 0 Å². The predicted octanol–water partition coefficient (Wildman–Crippen LogP) is 3.67. The maximum Gasteiger partial charge on any atom is 0.146 e. The first kappa shape index (κ1) is 14.5. The van der Waals surface area contributed by atoms with Crippen LogP contribution in [0.15, 0.2) is 12.3 Å². The summed E-state index contributed by atoms with van der Waals surface area (Å²) in [5.41, 5.74) is 1.74. The van der Waals surface area contributed by atoms with Crippen molar-refractivity contribution in [3.8, 4) is 6.07 Å². The van der Waals surface area contributed by atoms with Crippen LogP contribution in [-0.4, -0.2) is 18.1 Å². The zero-order valence-corrected chi connectivity index (χ0v) is 11.7. The van der Waals surface area contributed by atoms with Crippen molar-refractivity contribution in [3.63, 3.8) is 0 Å². The number of rotatable bonds is 7. The van der Waals surface area contributed by atoms with E-state index in [0.29, 0.717) is 0 Å². The van der Waals surface area contributed by atoms with E-state index in [2.05, 4.69) is 29.8 Å².